The molecule has 0 atom stereocenters. The van der Waals surface area contributed by atoms with Gasteiger partial charge in [0.15, 0.2) is 0 Å². The van der Waals surface area contributed by atoms with E-state index in [1.54, 1.807) is 0 Å². The predicted molar refractivity (Wildman–Crippen MR) is 53.6 cm³/mol. The zero-order valence-electron chi connectivity index (χ0n) is 6.76. The largest absolute Gasteiger partial charge is 0.113 e. The van der Waals surface area contributed by atoms with Crippen LogP contribution in [0, 0.1) is 0 Å². The molecule has 2 heteroatoms. The third-order valence-electron chi connectivity index (χ3n) is 1.61. The van der Waals surface area contributed by atoms with Gasteiger partial charge in [-0.25, -0.2) is 0 Å². The highest BCUT2D eigenvalue weighted by molar-refractivity contribution is 9.10. The zero-order valence-corrected chi connectivity index (χ0v) is 8.35. The first-order valence-corrected chi connectivity index (χ1v) is 4.45. The van der Waals surface area contributed by atoms with Crippen molar-refractivity contribution in [1.82, 2.24) is 0 Å². The topological polar surface area (TPSA) is 0 Å². The molecule has 1 rings (SSSR count). The van der Waals surface area contributed by atoms with Crippen molar-refractivity contribution in [2.75, 3.05) is 0 Å². The molecule has 0 aliphatic heterocycles. The summed E-state index contributed by atoms with van der Waals surface area (Å²) >= 11 is 3.40. The number of hydrogen-bond acceptors (Lipinski definition) is 0. The molecule has 0 aliphatic carbocycles. The van der Waals surface area contributed by atoms with Crippen molar-refractivity contribution in [3.8, 4) is 0 Å². The van der Waals surface area contributed by atoms with Crippen LogP contribution in [0.4, 0.5) is 0 Å². The van der Waals surface area contributed by atoms with Gasteiger partial charge in [-0.05, 0) is 17.5 Å². The van der Waals surface area contributed by atoms with Crippen LogP contribution in [-0.2, 0) is 0 Å². The monoisotopic (exact) mass is 208 g/mol. The quantitative estimate of drug-likeness (QED) is 0.622. The molecule has 1 aromatic rings. The lowest BCUT2D eigenvalue weighted by Crippen LogP contribution is -2.03. The normalized spacial score (nSPS) is 10.5. The lowest BCUT2D eigenvalue weighted by molar-refractivity contribution is 0.867. The molecule has 0 spiro atoms. The van der Waals surface area contributed by atoms with Crippen molar-refractivity contribution < 1.29 is 0 Å². The minimum atomic E-state index is 0.537. The highest BCUT2D eigenvalue weighted by atomic mass is 79.9. The van der Waals surface area contributed by atoms with E-state index in [1.165, 1.54) is 5.56 Å². The molecule has 0 N–H and O–H groups in total. The minimum Gasteiger partial charge on any atom is -0.0953 e. The van der Waals surface area contributed by atoms with Crippen LogP contribution in [0.1, 0.15) is 25.3 Å². The molecular weight excluding hydrogens is 199 g/mol. The summed E-state index contributed by atoms with van der Waals surface area (Å²) in [6, 6.07) is 6.02. The van der Waals surface area contributed by atoms with Gasteiger partial charge in [0, 0.05) is 4.47 Å². The first-order valence-electron chi connectivity index (χ1n) is 3.65. The predicted octanol–water partition coefficient (Wildman–Crippen LogP) is 2.37. The first kappa shape index (κ1) is 8.86. The molecule has 2 radical (unpaired) electrons. The lowest BCUT2D eigenvalue weighted by atomic mass is 9.91. The molecule has 0 heterocycles. The molecule has 56 valence electrons. The highest BCUT2D eigenvalue weighted by Crippen LogP contribution is 2.17. The van der Waals surface area contributed by atoms with Gasteiger partial charge in [-0.3, -0.25) is 0 Å². The lowest BCUT2D eigenvalue weighted by Gasteiger charge is -2.06. The van der Waals surface area contributed by atoms with Crippen molar-refractivity contribution in [2.24, 2.45) is 0 Å². The maximum Gasteiger partial charge on any atom is 0.113 e. The number of benzene rings is 1. The van der Waals surface area contributed by atoms with Crippen molar-refractivity contribution in [1.29, 1.82) is 0 Å². The van der Waals surface area contributed by atoms with Crippen LogP contribution in [0.2, 0.25) is 0 Å². The standard InChI is InChI=1S/C9H10BBr/c1-6(2)7-3-8(10)5-9(11)4-7/h3-6H,1-2H3. The van der Waals surface area contributed by atoms with Crippen molar-refractivity contribution in [2.45, 2.75) is 19.8 Å². The van der Waals surface area contributed by atoms with Gasteiger partial charge in [-0.15, -0.1) is 0 Å². The summed E-state index contributed by atoms with van der Waals surface area (Å²) in [4.78, 5) is 0. The molecule has 0 nitrogen and oxygen atoms in total. The molecule has 0 unspecified atom stereocenters. The molecule has 0 saturated carbocycles. The van der Waals surface area contributed by atoms with Crippen LogP contribution in [-0.4, -0.2) is 7.85 Å². The summed E-state index contributed by atoms with van der Waals surface area (Å²) in [6.07, 6.45) is 0. The minimum absolute atomic E-state index is 0.537. The van der Waals surface area contributed by atoms with Gasteiger partial charge >= 0.3 is 0 Å². The summed E-state index contributed by atoms with van der Waals surface area (Å²) < 4.78 is 1.06. The molecule has 0 aliphatic rings. The molecule has 0 aromatic heterocycles. The molecular formula is C9H10BBr. The molecule has 11 heavy (non-hydrogen) atoms. The number of hydrogen-bond donors (Lipinski definition) is 0. The Morgan fingerprint density at radius 1 is 1.27 bits per heavy atom. The number of rotatable bonds is 1. The summed E-state index contributed by atoms with van der Waals surface area (Å²) in [6.45, 7) is 4.31. The van der Waals surface area contributed by atoms with E-state index in [4.69, 9.17) is 7.85 Å². The SMILES string of the molecule is [B]c1cc(Br)cc(C(C)C)c1. The molecule has 0 bridgehead atoms. The van der Waals surface area contributed by atoms with Crippen LogP contribution in [0.15, 0.2) is 22.7 Å². The second-order valence-electron chi connectivity index (χ2n) is 2.97. The third kappa shape index (κ3) is 2.37. The van der Waals surface area contributed by atoms with Crippen LogP contribution in [0.5, 0.6) is 0 Å². The fourth-order valence-electron chi connectivity index (χ4n) is 0.969. The van der Waals surface area contributed by atoms with Crippen LogP contribution in [0.25, 0.3) is 0 Å². The van der Waals surface area contributed by atoms with E-state index in [-0.39, 0.29) is 0 Å². The van der Waals surface area contributed by atoms with E-state index >= 15 is 0 Å². The Bertz CT molecular complexity index is 235. The van der Waals surface area contributed by atoms with Crippen LogP contribution < -0.4 is 5.46 Å². The molecule has 0 saturated heterocycles. The molecule has 1 aromatic carbocycles. The second-order valence-corrected chi connectivity index (χ2v) is 3.89. The smallest absolute Gasteiger partial charge is 0.0953 e. The maximum absolute atomic E-state index is 5.67. The van der Waals surface area contributed by atoms with Crippen molar-refractivity contribution >= 4 is 29.2 Å². The van der Waals surface area contributed by atoms with Gasteiger partial charge in [0.25, 0.3) is 0 Å². The van der Waals surface area contributed by atoms with Gasteiger partial charge < -0.3 is 0 Å². The second kappa shape index (κ2) is 3.44. The Morgan fingerprint density at radius 3 is 2.36 bits per heavy atom. The van der Waals surface area contributed by atoms with Gasteiger partial charge in [0.1, 0.15) is 7.85 Å². The summed E-state index contributed by atoms with van der Waals surface area (Å²) in [7, 11) is 5.67. The van der Waals surface area contributed by atoms with E-state index in [2.05, 4.69) is 35.8 Å². The average molecular weight is 209 g/mol. The van der Waals surface area contributed by atoms with E-state index in [9.17, 15) is 0 Å². The van der Waals surface area contributed by atoms with Gasteiger partial charge in [0.2, 0.25) is 0 Å². The Kier molecular flexibility index (Phi) is 2.77. The Balaban J connectivity index is 3.08. The van der Waals surface area contributed by atoms with Crippen molar-refractivity contribution in [3.05, 3.63) is 28.2 Å². The Labute approximate surface area is 77.5 Å². The number of halogens is 1. The van der Waals surface area contributed by atoms with Gasteiger partial charge in [-0.1, -0.05) is 47.4 Å². The Hall–Kier alpha value is -0.235. The van der Waals surface area contributed by atoms with E-state index in [0.29, 0.717) is 5.92 Å². The molecule has 0 amide bonds. The third-order valence-corrected chi connectivity index (χ3v) is 2.07. The Morgan fingerprint density at radius 2 is 1.91 bits per heavy atom. The van der Waals surface area contributed by atoms with E-state index in [0.717, 1.165) is 9.94 Å². The zero-order chi connectivity index (χ0) is 8.43. The summed E-state index contributed by atoms with van der Waals surface area (Å²) in [5.41, 5.74) is 2.10. The fourth-order valence-corrected chi connectivity index (χ4v) is 1.50. The maximum atomic E-state index is 5.67. The van der Waals surface area contributed by atoms with E-state index < -0.39 is 0 Å². The van der Waals surface area contributed by atoms with Crippen LogP contribution in [0.3, 0.4) is 0 Å². The van der Waals surface area contributed by atoms with Gasteiger partial charge in [-0.2, -0.15) is 0 Å². The van der Waals surface area contributed by atoms with E-state index in [1.807, 2.05) is 12.1 Å². The highest BCUT2D eigenvalue weighted by Gasteiger charge is 1.99. The van der Waals surface area contributed by atoms with Crippen LogP contribution >= 0.6 is 15.9 Å². The average Bonchev–Trinajstić information content (AvgIpc) is 1.85. The summed E-state index contributed by atoms with van der Waals surface area (Å²) in [5.74, 6) is 0.537. The fraction of sp³-hybridized carbons (Fsp3) is 0.333. The first-order chi connectivity index (χ1) is 5.09. The van der Waals surface area contributed by atoms with Crippen molar-refractivity contribution in [3.63, 3.8) is 0 Å². The molecule has 0 fully saturated rings. The van der Waals surface area contributed by atoms with Gasteiger partial charge in [0.05, 0.1) is 0 Å². The summed E-state index contributed by atoms with van der Waals surface area (Å²) in [5, 5.41) is 0.